The Labute approximate surface area is 134 Å². The number of carbonyl (C=O) groups excluding carboxylic acids is 2. The van der Waals surface area contributed by atoms with Crippen molar-refractivity contribution in [3.63, 3.8) is 0 Å². The summed E-state index contributed by atoms with van der Waals surface area (Å²) in [4.78, 5) is 25.6. The topological polar surface area (TPSA) is 67.9 Å². The quantitative estimate of drug-likeness (QED) is 0.759. The summed E-state index contributed by atoms with van der Waals surface area (Å²) in [7, 11) is 3.17. The molecular formula is C15H20N2O4S. The standard InChI is InChI=1S/C15H20N2O4S/c1-20-8-7-16-13(18)9-17-14(19)10-22-15(17)11-5-3-4-6-12(11)21-2/h3-6,15H,7-10H2,1-2H3,(H,16,18)/t15-/m1/s1. The van der Waals surface area contributed by atoms with E-state index in [9.17, 15) is 9.59 Å². The van der Waals surface area contributed by atoms with Gasteiger partial charge in [0, 0.05) is 19.2 Å². The van der Waals surface area contributed by atoms with Crippen LogP contribution in [0.1, 0.15) is 10.9 Å². The molecule has 0 bridgehead atoms. The SMILES string of the molecule is COCCNC(=O)CN1C(=O)CS[C@@H]1c1ccccc1OC. The third kappa shape index (κ3) is 3.92. The van der Waals surface area contributed by atoms with E-state index in [0.717, 1.165) is 11.3 Å². The summed E-state index contributed by atoms with van der Waals surface area (Å²) in [6, 6.07) is 7.56. The maximum Gasteiger partial charge on any atom is 0.239 e. The minimum absolute atomic E-state index is 0.0391. The fourth-order valence-electron chi connectivity index (χ4n) is 2.26. The zero-order valence-corrected chi connectivity index (χ0v) is 13.5. The molecule has 0 spiro atoms. The lowest BCUT2D eigenvalue weighted by Gasteiger charge is -2.24. The summed E-state index contributed by atoms with van der Waals surface area (Å²) < 4.78 is 10.2. The van der Waals surface area contributed by atoms with Crippen LogP contribution >= 0.6 is 11.8 Å². The van der Waals surface area contributed by atoms with Gasteiger partial charge in [0.2, 0.25) is 11.8 Å². The van der Waals surface area contributed by atoms with Gasteiger partial charge in [0.05, 0.1) is 19.5 Å². The van der Waals surface area contributed by atoms with E-state index in [1.165, 1.54) is 11.8 Å². The molecule has 1 N–H and O–H groups in total. The number of ether oxygens (including phenoxy) is 2. The molecule has 0 unspecified atom stereocenters. The Hall–Kier alpha value is -1.73. The van der Waals surface area contributed by atoms with Crippen LogP contribution in [0, 0.1) is 0 Å². The van der Waals surface area contributed by atoms with Gasteiger partial charge in [-0.05, 0) is 6.07 Å². The molecule has 1 heterocycles. The van der Waals surface area contributed by atoms with Crippen LogP contribution in [0.15, 0.2) is 24.3 Å². The van der Waals surface area contributed by atoms with Crippen LogP contribution in [0.3, 0.4) is 0 Å². The van der Waals surface area contributed by atoms with Gasteiger partial charge in [-0.15, -0.1) is 11.8 Å². The number of benzene rings is 1. The van der Waals surface area contributed by atoms with Crippen LogP contribution < -0.4 is 10.1 Å². The molecule has 0 aromatic heterocycles. The molecule has 1 aromatic rings. The maximum absolute atomic E-state index is 12.1. The Bertz CT molecular complexity index is 538. The maximum atomic E-state index is 12.1. The third-order valence-corrected chi connectivity index (χ3v) is 4.55. The molecule has 1 saturated heterocycles. The number of amides is 2. The van der Waals surface area contributed by atoms with E-state index in [2.05, 4.69) is 5.32 Å². The lowest BCUT2D eigenvalue weighted by molar-refractivity contribution is -0.133. The normalized spacial score (nSPS) is 17.6. The second kappa shape index (κ2) is 8.05. The van der Waals surface area contributed by atoms with Gasteiger partial charge in [-0.25, -0.2) is 0 Å². The zero-order chi connectivity index (χ0) is 15.9. The van der Waals surface area contributed by atoms with Crippen molar-refractivity contribution in [1.29, 1.82) is 0 Å². The predicted molar refractivity (Wildman–Crippen MR) is 84.8 cm³/mol. The Morgan fingerprint density at radius 1 is 1.41 bits per heavy atom. The van der Waals surface area contributed by atoms with Crippen LogP contribution in [0.25, 0.3) is 0 Å². The number of nitrogens with one attached hydrogen (secondary N) is 1. The van der Waals surface area contributed by atoms with Crippen LogP contribution in [0.2, 0.25) is 0 Å². The first-order valence-corrected chi connectivity index (χ1v) is 8.02. The first-order chi connectivity index (χ1) is 10.7. The van der Waals surface area contributed by atoms with Gasteiger partial charge in [0.15, 0.2) is 0 Å². The van der Waals surface area contributed by atoms with E-state index in [1.807, 2.05) is 24.3 Å². The molecule has 2 rings (SSSR count). The van der Waals surface area contributed by atoms with Gasteiger partial charge in [-0.1, -0.05) is 18.2 Å². The van der Waals surface area contributed by atoms with Gasteiger partial charge in [-0.3, -0.25) is 9.59 Å². The van der Waals surface area contributed by atoms with Crippen LogP contribution in [0.4, 0.5) is 0 Å². The molecule has 1 aliphatic heterocycles. The Kier molecular flexibility index (Phi) is 6.09. The fraction of sp³-hybridized carbons (Fsp3) is 0.467. The monoisotopic (exact) mass is 324 g/mol. The minimum Gasteiger partial charge on any atom is -0.496 e. The average molecular weight is 324 g/mol. The molecule has 22 heavy (non-hydrogen) atoms. The molecule has 0 aliphatic carbocycles. The second-order valence-electron chi connectivity index (χ2n) is 4.77. The number of rotatable bonds is 7. The van der Waals surface area contributed by atoms with Gasteiger partial charge in [0.25, 0.3) is 0 Å². The lowest BCUT2D eigenvalue weighted by Crippen LogP contribution is -2.40. The largest absolute Gasteiger partial charge is 0.496 e. The molecule has 6 nitrogen and oxygen atoms in total. The molecule has 1 fully saturated rings. The number of para-hydroxylation sites is 1. The van der Waals surface area contributed by atoms with Crippen molar-refractivity contribution in [1.82, 2.24) is 10.2 Å². The molecule has 2 amide bonds. The van der Waals surface area contributed by atoms with Crippen molar-refractivity contribution in [3.05, 3.63) is 29.8 Å². The number of hydrogen-bond acceptors (Lipinski definition) is 5. The van der Waals surface area contributed by atoms with Gasteiger partial charge in [0.1, 0.15) is 17.7 Å². The van der Waals surface area contributed by atoms with Crippen molar-refractivity contribution in [3.8, 4) is 5.75 Å². The van der Waals surface area contributed by atoms with Crippen LogP contribution in [0.5, 0.6) is 5.75 Å². The van der Waals surface area contributed by atoms with Crippen molar-refractivity contribution in [2.75, 3.05) is 39.7 Å². The molecule has 1 aliphatic rings. The minimum atomic E-state index is -0.197. The molecule has 120 valence electrons. The fourth-order valence-corrected chi connectivity index (χ4v) is 3.47. The smallest absolute Gasteiger partial charge is 0.239 e. The number of carbonyl (C=O) groups is 2. The number of thioether (sulfide) groups is 1. The van der Waals surface area contributed by atoms with E-state index < -0.39 is 0 Å². The molecule has 0 saturated carbocycles. The number of nitrogens with zero attached hydrogens (tertiary/aromatic N) is 1. The number of hydrogen-bond donors (Lipinski definition) is 1. The summed E-state index contributed by atoms with van der Waals surface area (Å²) in [5.41, 5.74) is 0.908. The Morgan fingerprint density at radius 3 is 2.91 bits per heavy atom. The lowest BCUT2D eigenvalue weighted by atomic mass is 10.2. The predicted octanol–water partition coefficient (Wildman–Crippen LogP) is 1.03. The highest BCUT2D eigenvalue weighted by atomic mass is 32.2. The van der Waals surface area contributed by atoms with Gasteiger partial charge >= 0.3 is 0 Å². The van der Waals surface area contributed by atoms with Crippen molar-refractivity contribution in [2.45, 2.75) is 5.37 Å². The second-order valence-corrected chi connectivity index (χ2v) is 5.84. The number of methoxy groups -OCH3 is 2. The zero-order valence-electron chi connectivity index (χ0n) is 12.7. The van der Waals surface area contributed by atoms with Crippen molar-refractivity contribution in [2.24, 2.45) is 0 Å². The van der Waals surface area contributed by atoms with Crippen molar-refractivity contribution < 1.29 is 19.1 Å². The van der Waals surface area contributed by atoms with Crippen LogP contribution in [-0.4, -0.2) is 56.4 Å². The molecule has 0 radical (unpaired) electrons. The highest BCUT2D eigenvalue weighted by Crippen LogP contribution is 2.41. The summed E-state index contributed by atoms with van der Waals surface area (Å²) >= 11 is 1.50. The summed E-state index contributed by atoms with van der Waals surface area (Å²) in [5.74, 6) is 0.865. The first kappa shape index (κ1) is 16.6. The van der Waals surface area contributed by atoms with E-state index in [4.69, 9.17) is 9.47 Å². The summed E-state index contributed by atoms with van der Waals surface area (Å²) in [5, 5.41) is 2.54. The molecule has 1 aromatic carbocycles. The van der Waals surface area contributed by atoms with Gasteiger partial charge in [-0.2, -0.15) is 0 Å². The molecule has 7 heteroatoms. The Balaban J connectivity index is 2.08. The summed E-state index contributed by atoms with van der Waals surface area (Å²) in [6.45, 7) is 0.923. The van der Waals surface area contributed by atoms with E-state index in [0.29, 0.717) is 18.9 Å². The van der Waals surface area contributed by atoms with Crippen LogP contribution in [-0.2, 0) is 14.3 Å². The van der Waals surface area contributed by atoms with E-state index >= 15 is 0 Å². The Morgan fingerprint density at radius 2 is 2.18 bits per heavy atom. The third-order valence-electron chi connectivity index (χ3n) is 3.32. The highest BCUT2D eigenvalue weighted by Gasteiger charge is 2.35. The molecule has 1 atom stereocenters. The first-order valence-electron chi connectivity index (χ1n) is 6.97. The highest BCUT2D eigenvalue weighted by molar-refractivity contribution is 8.00. The average Bonchev–Trinajstić information content (AvgIpc) is 2.88. The molecular weight excluding hydrogens is 304 g/mol. The summed E-state index contributed by atoms with van der Waals surface area (Å²) in [6.07, 6.45) is 0. The van der Waals surface area contributed by atoms with E-state index in [-0.39, 0.29) is 23.7 Å². The van der Waals surface area contributed by atoms with Crippen molar-refractivity contribution >= 4 is 23.6 Å². The van der Waals surface area contributed by atoms with E-state index in [1.54, 1.807) is 19.1 Å². The van der Waals surface area contributed by atoms with Gasteiger partial charge < -0.3 is 19.7 Å².